The van der Waals surface area contributed by atoms with Crippen molar-refractivity contribution in [3.05, 3.63) is 94.0 Å². The maximum atomic E-state index is 10.1. The van der Waals surface area contributed by atoms with Crippen LogP contribution in [0.3, 0.4) is 0 Å². The average Bonchev–Trinajstić information content (AvgIpc) is 2.91. The Morgan fingerprint density at radius 3 is 1.86 bits per heavy atom. The van der Waals surface area contributed by atoms with Crippen molar-refractivity contribution in [2.75, 3.05) is 0 Å². The summed E-state index contributed by atoms with van der Waals surface area (Å²) in [6.07, 6.45) is 3.94. The number of aliphatic hydroxyl groups is 1. The molecule has 3 heteroatoms. The summed E-state index contributed by atoms with van der Waals surface area (Å²) in [5, 5.41) is 10.3. The van der Waals surface area contributed by atoms with Gasteiger partial charge in [0, 0.05) is 5.41 Å². The van der Waals surface area contributed by atoms with Crippen molar-refractivity contribution in [1.82, 2.24) is 0 Å². The number of benzene rings is 3. The summed E-state index contributed by atoms with van der Waals surface area (Å²) >= 11 is 0. The summed E-state index contributed by atoms with van der Waals surface area (Å²) in [6.45, 7) is 29.7. The van der Waals surface area contributed by atoms with Gasteiger partial charge in [-0.05, 0) is 121 Å². The highest BCUT2D eigenvalue weighted by molar-refractivity contribution is 6.74. The third kappa shape index (κ3) is 7.91. The van der Waals surface area contributed by atoms with Gasteiger partial charge in [-0.1, -0.05) is 110 Å². The van der Waals surface area contributed by atoms with Crippen LogP contribution < -0.4 is 0 Å². The first-order valence-corrected chi connectivity index (χ1v) is 19.4. The van der Waals surface area contributed by atoms with Gasteiger partial charge in [0.1, 0.15) is 0 Å². The minimum Gasteiger partial charge on any atom is -0.413 e. The lowest BCUT2D eigenvalue weighted by Crippen LogP contribution is -2.47. The van der Waals surface area contributed by atoms with E-state index in [9.17, 15) is 5.11 Å². The minimum absolute atomic E-state index is 0.0343. The van der Waals surface area contributed by atoms with Gasteiger partial charge in [-0.25, -0.2) is 0 Å². The van der Waals surface area contributed by atoms with Gasteiger partial charge in [-0.2, -0.15) is 0 Å². The highest BCUT2D eigenvalue weighted by Gasteiger charge is 2.41. The van der Waals surface area contributed by atoms with Crippen LogP contribution in [0.2, 0.25) is 18.1 Å². The van der Waals surface area contributed by atoms with Crippen molar-refractivity contribution in [3.63, 3.8) is 0 Å². The van der Waals surface area contributed by atoms with E-state index < -0.39 is 14.4 Å². The number of aliphatic hydroxyl groups excluding tert-OH is 1. The monoisotopic (exact) mass is 600 g/mol. The topological polar surface area (TPSA) is 29.5 Å². The van der Waals surface area contributed by atoms with Crippen LogP contribution in [0.15, 0.2) is 60.7 Å². The molecule has 1 N–H and O–H groups in total. The number of rotatable bonds is 11. The molecule has 0 aromatic heterocycles. The molecule has 0 saturated carbocycles. The molecule has 0 amide bonds. The predicted molar refractivity (Wildman–Crippen MR) is 190 cm³/mol. The van der Waals surface area contributed by atoms with Crippen molar-refractivity contribution in [3.8, 4) is 11.1 Å². The molecule has 2 unspecified atom stereocenters. The molecule has 0 bridgehead atoms. The Morgan fingerprint density at radius 2 is 1.37 bits per heavy atom. The molecule has 0 radical (unpaired) electrons. The Bertz CT molecular complexity index is 1370. The van der Waals surface area contributed by atoms with E-state index in [-0.39, 0.29) is 22.0 Å². The maximum absolute atomic E-state index is 10.1. The Kier molecular flexibility index (Phi) is 11.0. The van der Waals surface area contributed by atoms with E-state index in [4.69, 9.17) is 4.43 Å². The van der Waals surface area contributed by atoms with Gasteiger partial charge in [0.2, 0.25) is 0 Å². The van der Waals surface area contributed by atoms with Crippen molar-refractivity contribution in [2.24, 2.45) is 5.41 Å². The highest BCUT2D eigenvalue weighted by atomic mass is 28.4. The van der Waals surface area contributed by atoms with Crippen LogP contribution in [-0.2, 0) is 16.3 Å². The SMILES string of the molecule is CCC(CC)(c1ccc(CCC(O[Si](C)(C)C(C)(C)C)C(C)(C)C)c(C)c1)c1ccc(-c2cccc(C(C)O)c2)c(C)c1. The molecular weight excluding hydrogens is 541 g/mol. The van der Waals surface area contributed by atoms with E-state index in [1.807, 2.05) is 19.1 Å². The Balaban J connectivity index is 1.91. The fourth-order valence-electron chi connectivity index (χ4n) is 6.25. The number of hydrogen-bond donors (Lipinski definition) is 1. The smallest absolute Gasteiger partial charge is 0.192 e. The maximum Gasteiger partial charge on any atom is 0.192 e. The zero-order valence-electron chi connectivity index (χ0n) is 29.6. The molecule has 2 atom stereocenters. The molecule has 0 fully saturated rings. The van der Waals surface area contributed by atoms with Crippen molar-refractivity contribution in [1.29, 1.82) is 0 Å². The lowest BCUT2D eigenvalue weighted by Gasteiger charge is -2.43. The molecule has 3 aromatic rings. The van der Waals surface area contributed by atoms with E-state index in [1.165, 1.54) is 33.4 Å². The lowest BCUT2D eigenvalue weighted by atomic mass is 9.69. The highest BCUT2D eigenvalue weighted by Crippen LogP contribution is 2.43. The van der Waals surface area contributed by atoms with Crippen molar-refractivity contribution in [2.45, 2.75) is 138 Å². The molecule has 0 spiro atoms. The van der Waals surface area contributed by atoms with Gasteiger partial charge < -0.3 is 9.53 Å². The van der Waals surface area contributed by atoms with Gasteiger partial charge in [-0.3, -0.25) is 0 Å². The van der Waals surface area contributed by atoms with E-state index in [1.54, 1.807) is 0 Å². The van der Waals surface area contributed by atoms with Crippen LogP contribution in [-0.4, -0.2) is 19.5 Å². The first-order valence-electron chi connectivity index (χ1n) is 16.5. The Labute approximate surface area is 265 Å². The Hall–Kier alpha value is -2.20. The number of hydrogen-bond acceptors (Lipinski definition) is 2. The molecule has 3 aromatic carbocycles. The zero-order valence-corrected chi connectivity index (χ0v) is 30.6. The number of aryl methyl sites for hydroxylation is 3. The summed E-state index contributed by atoms with van der Waals surface area (Å²) in [4.78, 5) is 0. The molecule has 0 aliphatic carbocycles. The van der Waals surface area contributed by atoms with Crippen molar-refractivity contribution < 1.29 is 9.53 Å². The minimum atomic E-state index is -1.86. The van der Waals surface area contributed by atoms with Gasteiger partial charge in [0.25, 0.3) is 0 Å². The van der Waals surface area contributed by atoms with Crippen LogP contribution in [0.4, 0.5) is 0 Å². The molecule has 236 valence electrons. The second-order valence-corrected chi connectivity index (χ2v) is 20.3. The van der Waals surface area contributed by atoms with E-state index >= 15 is 0 Å². The zero-order chi connectivity index (χ0) is 32.4. The molecule has 3 rings (SSSR count). The first kappa shape index (κ1) is 35.3. The summed E-state index contributed by atoms with van der Waals surface area (Å²) in [6, 6.07) is 22.5. The Morgan fingerprint density at radius 1 is 0.791 bits per heavy atom. The first-order chi connectivity index (χ1) is 19.9. The third-order valence-electron chi connectivity index (χ3n) is 10.4. The van der Waals surface area contributed by atoms with Crippen LogP contribution >= 0.6 is 0 Å². The molecular formula is C40H60O2Si. The normalized spacial score (nSPS) is 14.6. The van der Waals surface area contributed by atoms with Gasteiger partial charge in [-0.15, -0.1) is 0 Å². The fraction of sp³-hybridized carbons (Fsp3) is 0.550. The van der Waals surface area contributed by atoms with Crippen LogP contribution in [0.5, 0.6) is 0 Å². The summed E-state index contributed by atoms with van der Waals surface area (Å²) in [5.41, 5.74) is 10.3. The molecule has 0 aliphatic heterocycles. The van der Waals surface area contributed by atoms with E-state index in [2.05, 4.69) is 131 Å². The third-order valence-corrected chi connectivity index (χ3v) is 14.9. The standard InChI is InChI=1S/C40H60O2Si/c1-14-40(15-2,35-22-23-36(29(4)26-35)33-18-16-17-32(27-33)30(5)41)34-21-19-31(28(3)25-34)20-24-37(38(6,7)8)42-43(12,13)39(9,10)11/h16-19,21-23,25-27,30,37,41H,14-15,20,24H2,1-13H3. The molecule has 0 heterocycles. The van der Waals surface area contributed by atoms with Crippen LogP contribution in [0.1, 0.15) is 121 Å². The van der Waals surface area contributed by atoms with E-state index in [0.29, 0.717) is 0 Å². The molecule has 0 saturated heterocycles. The van der Waals surface area contributed by atoms with Gasteiger partial charge in [0.15, 0.2) is 8.32 Å². The average molecular weight is 601 g/mol. The second kappa shape index (κ2) is 13.4. The summed E-state index contributed by atoms with van der Waals surface area (Å²) in [7, 11) is -1.86. The van der Waals surface area contributed by atoms with Crippen molar-refractivity contribution >= 4 is 8.32 Å². The molecule has 2 nitrogen and oxygen atoms in total. The van der Waals surface area contributed by atoms with E-state index in [0.717, 1.165) is 36.8 Å². The van der Waals surface area contributed by atoms with Gasteiger partial charge >= 0.3 is 0 Å². The molecule has 43 heavy (non-hydrogen) atoms. The summed E-state index contributed by atoms with van der Waals surface area (Å²) in [5.74, 6) is 0. The fourth-order valence-corrected chi connectivity index (χ4v) is 7.78. The second-order valence-electron chi connectivity index (χ2n) is 15.5. The van der Waals surface area contributed by atoms with Crippen LogP contribution in [0, 0.1) is 19.3 Å². The van der Waals surface area contributed by atoms with Gasteiger partial charge in [0.05, 0.1) is 12.2 Å². The largest absolute Gasteiger partial charge is 0.413 e. The lowest BCUT2D eigenvalue weighted by molar-refractivity contribution is 0.0657. The molecule has 0 aliphatic rings. The summed E-state index contributed by atoms with van der Waals surface area (Å²) < 4.78 is 7.00. The quantitative estimate of drug-likeness (QED) is 0.222. The predicted octanol–water partition coefficient (Wildman–Crippen LogP) is 11.5. The van der Waals surface area contributed by atoms with Crippen LogP contribution in [0.25, 0.3) is 11.1 Å².